The average molecular weight is 203 g/mol. The molecule has 0 amide bonds. The van der Waals surface area contributed by atoms with E-state index in [9.17, 15) is 0 Å². The van der Waals surface area contributed by atoms with Gasteiger partial charge in [0.05, 0.1) is 11.8 Å². The Balaban J connectivity index is 2.02. The normalized spacial score (nSPS) is 17.6. The monoisotopic (exact) mass is 203 g/mol. The van der Waals surface area contributed by atoms with E-state index in [-0.39, 0.29) is 5.54 Å². The lowest BCUT2D eigenvalue weighted by molar-refractivity contribution is 0.265. The molecule has 1 aromatic rings. The van der Waals surface area contributed by atoms with Crippen molar-refractivity contribution in [3.63, 3.8) is 0 Å². The summed E-state index contributed by atoms with van der Waals surface area (Å²) >= 11 is 0. The molecule has 1 heterocycles. The number of nitrogens with one attached hydrogen (secondary N) is 1. The minimum absolute atomic E-state index is 0.121. The lowest BCUT2D eigenvalue weighted by Crippen LogP contribution is -2.52. The predicted molar refractivity (Wildman–Crippen MR) is 56.0 cm³/mol. The van der Waals surface area contributed by atoms with Crippen molar-refractivity contribution < 1.29 is 0 Å². The van der Waals surface area contributed by atoms with Crippen molar-refractivity contribution in [3.05, 3.63) is 17.8 Å². The fourth-order valence-electron chi connectivity index (χ4n) is 1.62. The molecule has 0 aromatic carbocycles. The van der Waals surface area contributed by atoms with Gasteiger partial charge >= 0.3 is 0 Å². The van der Waals surface area contributed by atoms with Crippen molar-refractivity contribution in [3.8, 4) is 6.07 Å². The van der Waals surface area contributed by atoms with E-state index in [1.54, 1.807) is 6.07 Å². The van der Waals surface area contributed by atoms with E-state index in [4.69, 9.17) is 11.0 Å². The van der Waals surface area contributed by atoms with Gasteiger partial charge in [0.15, 0.2) is 5.82 Å². The maximum Gasteiger partial charge on any atom is 0.166 e. The van der Waals surface area contributed by atoms with E-state index in [0.717, 1.165) is 12.8 Å². The number of nitriles is 1. The number of hydrogen-bond donors (Lipinski definition) is 2. The smallest absolute Gasteiger partial charge is 0.166 e. The third-order valence-corrected chi connectivity index (χ3v) is 2.80. The third kappa shape index (κ3) is 2.05. The van der Waals surface area contributed by atoms with Gasteiger partial charge in [-0.25, -0.2) is 0 Å². The zero-order chi connectivity index (χ0) is 10.7. The Kier molecular flexibility index (Phi) is 2.52. The first-order valence-electron chi connectivity index (χ1n) is 4.98. The largest absolute Gasteiger partial charge is 0.366 e. The highest BCUT2D eigenvalue weighted by molar-refractivity contribution is 5.50. The summed E-state index contributed by atoms with van der Waals surface area (Å²) in [6, 6.07) is 3.70. The van der Waals surface area contributed by atoms with Crippen LogP contribution in [0.2, 0.25) is 0 Å². The summed E-state index contributed by atoms with van der Waals surface area (Å²) in [4.78, 5) is 0. The summed E-state index contributed by atoms with van der Waals surface area (Å²) < 4.78 is 0. The van der Waals surface area contributed by atoms with Gasteiger partial charge in [-0.05, 0) is 25.3 Å². The van der Waals surface area contributed by atoms with Gasteiger partial charge in [0.25, 0.3) is 0 Å². The topological polar surface area (TPSA) is 87.6 Å². The van der Waals surface area contributed by atoms with Crippen molar-refractivity contribution in [2.45, 2.75) is 24.8 Å². The van der Waals surface area contributed by atoms with Crippen molar-refractivity contribution >= 4 is 5.82 Å². The highest BCUT2D eigenvalue weighted by atomic mass is 15.2. The second-order valence-corrected chi connectivity index (χ2v) is 3.97. The molecule has 3 N–H and O–H groups in total. The molecule has 1 aliphatic rings. The lowest BCUT2D eigenvalue weighted by atomic mass is 9.78. The van der Waals surface area contributed by atoms with Crippen LogP contribution in [0.3, 0.4) is 0 Å². The van der Waals surface area contributed by atoms with Crippen LogP contribution in [0.1, 0.15) is 24.8 Å². The van der Waals surface area contributed by atoms with Gasteiger partial charge in [-0.15, -0.1) is 5.10 Å². The number of hydrogen-bond acceptors (Lipinski definition) is 5. The molecule has 0 atom stereocenters. The number of nitrogens with zero attached hydrogens (tertiary/aromatic N) is 3. The molecule has 0 bridgehead atoms. The molecule has 0 unspecified atom stereocenters. The summed E-state index contributed by atoms with van der Waals surface area (Å²) in [7, 11) is 0. The maximum atomic E-state index is 8.83. The molecule has 0 aliphatic heterocycles. The Labute approximate surface area is 88.3 Å². The van der Waals surface area contributed by atoms with Crippen molar-refractivity contribution in [2.24, 2.45) is 5.73 Å². The molecule has 1 fully saturated rings. The van der Waals surface area contributed by atoms with E-state index >= 15 is 0 Å². The van der Waals surface area contributed by atoms with Crippen LogP contribution >= 0.6 is 0 Å². The predicted octanol–water partition coefficient (Wildman–Crippen LogP) is 0.642. The van der Waals surface area contributed by atoms with Gasteiger partial charge in [-0.3, -0.25) is 0 Å². The van der Waals surface area contributed by atoms with Gasteiger partial charge in [0.1, 0.15) is 6.07 Å². The molecule has 5 nitrogen and oxygen atoms in total. The Morgan fingerprint density at radius 2 is 2.40 bits per heavy atom. The fraction of sp³-hybridized carbons (Fsp3) is 0.500. The molecule has 1 saturated carbocycles. The van der Waals surface area contributed by atoms with Crippen molar-refractivity contribution in [2.75, 3.05) is 11.9 Å². The van der Waals surface area contributed by atoms with Crippen LogP contribution in [0.25, 0.3) is 0 Å². The summed E-state index contributed by atoms with van der Waals surface area (Å²) in [6.07, 6.45) is 4.75. The Bertz CT molecular complexity index is 391. The van der Waals surface area contributed by atoms with E-state index in [1.807, 2.05) is 0 Å². The van der Waals surface area contributed by atoms with Gasteiger partial charge in [0, 0.05) is 12.1 Å². The zero-order valence-corrected chi connectivity index (χ0v) is 8.40. The highest BCUT2D eigenvalue weighted by Gasteiger charge is 2.32. The highest BCUT2D eigenvalue weighted by Crippen LogP contribution is 2.29. The maximum absolute atomic E-state index is 8.83. The SMILES string of the molecule is N#Cc1ccnnc1NCC1(N)CCC1. The van der Waals surface area contributed by atoms with Crippen molar-refractivity contribution in [1.29, 1.82) is 5.26 Å². The average Bonchev–Trinajstić information content (AvgIpc) is 2.24. The second kappa shape index (κ2) is 3.83. The number of rotatable bonds is 3. The van der Waals surface area contributed by atoms with E-state index in [0.29, 0.717) is 17.9 Å². The molecule has 0 spiro atoms. The Morgan fingerprint density at radius 1 is 1.60 bits per heavy atom. The molecule has 78 valence electrons. The first-order chi connectivity index (χ1) is 7.23. The van der Waals surface area contributed by atoms with E-state index < -0.39 is 0 Å². The van der Waals surface area contributed by atoms with E-state index in [2.05, 4.69) is 21.6 Å². The molecule has 1 aromatic heterocycles. The molecule has 2 rings (SSSR count). The second-order valence-electron chi connectivity index (χ2n) is 3.97. The van der Waals surface area contributed by atoms with Gasteiger partial charge in [-0.1, -0.05) is 0 Å². The lowest BCUT2D eigenvalue weighted by Gasteiger charge is -2.38. The minimum Gasteiger partial charge on any atom is -0.366 e. The first-order valence-corrected chi connectivity index (χ1v) is 4.98. The Morgan fingerprint density at radius 3 is 3.00 bits per heavy atom. The number of nitrogens with two attached hydrogens (primary N) is 1. The van der Waals surface area contributed by atoms with Crippen LogP contribution < -0.4 is 11.1 Å². The zero-order valence-electron chi connectivity index (χ0n) is 8.40. The first kappa shape index (κ1) is 9.87. The van der Waals surface area contributed by atoms with Crippen LogP contribution in [0, 0.1) is 11.3 Å². The van der Waals surface area contributed by atoms with Gasteiger partial charge in [0.2, 0.25) is 0 Å². The summed E-state index contributed by atoms with van der Waals surface area (Å²) in [5.74, 6) is 0.525. The summed E-state index contributed by atoms with van der Waals surface area (Å²) in [5.41, 5.74) is 6.44. The number of anilines is 1. The molecule has 0 radical (unpaired) electrons. The molecule has 1 aliphatic carbocycles. The fourth-order valence-corrected chi connectivity index (χ4v) is 1.62. The molecule has 15 heavy (non-hydrogen) atoms. The standard InChI is InChI=1S/C10H13N5/c11-6-8-2-5-14-15-9(8)13-7-10(12)3-1-4-10/h2,5H,1,3-4,7,12H2,(H,13,15). The minimum atomic E-state index is -0.121. The van der Waals surface area contributed by atoms with Crippen LogP contribution in [0.15, 0.2) is 12.3 Å². The van der Waals surface area contributed by atoms with Crippen LogP contribution in [-0.4, -0.2) is 22.3 Å². The molecule has 0 saturated heterocycles. The molecular weight excluding hydrogens is 190 g/mol. The third-order valence-electron chi connectivity index (χ3n) is 2.80. The number of aromatic nitrogens is 2. The van der Waals surface area contributed by atoms with Crippen molar-refractivity contribution in [1.82, 2.24) is 10.2 Å². The van der Waals surface area contributed by atoms with Crippen LogP contribution in [0.5, 0.6) is 0 Å². The summed E-state index contributed by atoms with van der Waals surface area (Å²) in [5, 5.41) is 19.5. The van der Waals surface area contributed by atoms with Gasteiger partial charge in [-0.2, -0.15) is 10.4 Å². The summed E-state index contributed by atoms with van der Waals surface area (Å²) in [6.45, 7) is 0.653. The molecular formula is C10H13N5. The Hall–Kier alpha value is -1.67. The quantitative estimate of drug-likeness (QED) is 0.752. The van der Waals surface area contributed by atoms with Crippen LogP contribution in [-0.2, 0) is 0 Å². The van der Waals surface area contributed by atoms with Crippen LogP contribution in [0.4, 0.5) is 5.82 Å². The van der Waals surface area contributed by atoms with Gasteiger partial charge < -0.3 is 11.1 Å². The molecule has 5 heteroatoms. The van der Waals surface area contributed by atoms with E-state index in [1.165, 1.54) is 12.6 Å².